The van der Waals surface area contributed by atoms with E-state index < -0.39 is 0 Å². The Morgan fingerprint density at radius 3 is 2.52 bits per heavy atom. The molecule has 2 rings (SSSR count). The molecule has 0 saturated heterocycles. The van der Waals surface area contributed by atoms with Crippen LogP contribution in [0.4, 0.5) is 0 Å². The lowest BCUT2D eigenvalue weighted by Crippen LogP contribution is -2.07. The van der Waals surface area contributed by atoms with Crippen molar-refractivity contribution in [3.05, 3.63) is 29.3 Å². The van der Waals surface area contributed by atoms with Gasteiger partial charge in [0.25, 0.3) is 0 Å². The first-order chi connectivity index (χ1) is 10.2. The van der Waals surface area contributed by atoms with Gasteiger partial charge in [-0.15, -0.1) is 0 Å². The molecule has 0 aromatic carbocycles. The van der Waals surface area contributed by atoms with E-state index in [0.717, 1.165) is 30.5 Å². The van der Waals surface area contributed by atoms with Crippen molar-refractivity contribution >= 4 is 0 Å². The highest BCUT2D eigenvalue weighted by atomic mass is 16.5. The molecule has 0 N–H and O–H groups in total. The highest BCUT2D eigenvalue weighted by molar-refractivity contribution is 5.34. The molecule has 0 atom stereocenters. The molecule has 21 heavy (non-hydrogen) atoms. The van der Waals surface area contributed by atoms with Crippen molar-refractivity contribution in [2.75, 3.05) is 13.7 Å². The van der Waals surface area contributed by atoms with E-state index in [0.29, 0.717) is 18.4 Å². The molecule has 0 saturated carbocycles. The van der Waals surface area contributed by atoms with Crippen molar-refractivity contribution in [2.24, 2.45) is 7.05 Å². The molecule has 0 fully saturated rings. The molecule has 0 unspecified atom stereocenters. The molecule has 6 heteroatoms. The van der Waals surface area contributed by atoms with Gasteiger partial charge in [0.05, 0.1) is 25.0 Å². The number of methoxy groups -OCH3 is 1. The number of rotatable bonds is 7. The second-order valence-corrected chi connectivity index (χ2v) is 4.72. The highest BCUT2D eigenvalue weighted by Gasteiger charge is 2.12. The van der Waals surface area contributed by atoms with Gasteiger partial charge in [-0.3, -0.25) is 4.68 Å². The summed E-state index contributed by atoms with van der Waals surface area (Å²) in [5, 5.41) is 4.47. The van der Waals surface area contributed by atoms with E-state index >= 15 is 0 Å². The molecule has 2 aromatic heterocycles. The average Bonchev–Trinajstić information content (AvgIpc) is 2.86. The second-order valence-electron chi connectivity index (χ2n) is 4.72. The Morgan fingerprint density at radius 2 is 1.90 bits per heavy atom. The third-order valence-electron chi connectivity index (χ3n) is 3.40. The molecule has 0 amide bonds. The lowest BCUT2D eigenvalue weighted by molar-refractivity contribution is 0.298. The SMILES string of the molecule is CCc1c(OC)ncnc1OCCc1cc(CC)n(C)n1. The number of ether oxygens (including phenoxy) is 2. The topological polar surface area (TPSA) is 62.1 Å². The van der Waals surface area contributed by atoms with E-state index in [2.05, 4.69) is 28.1 Å². The zero-order valence-electron chi connectivity index (χ0n) is 13.1. The van der Waals surface area contributed by atoms with E-state index in [1.54, 1.807) is 7.11 Å². The van der Waals surface area contributed by atoms with Gasteiger partial charge in [0, 0.05) is 19.2 Å². The molecule has 0 radical (unpaired) electrons. The van der Waals surface area contributed by atoms with E-state index in [1.807, 2.05) is 18.7 Å². The third-order valence-corrected chi connectivity index (χ3v) is 3.40. The zero-order chi connectivity index (χ0) is 15.2. The van der Waals surface area contributed by atoms with Gasteiger partial charge < -0.3 is 9.47 Å². The second kappa shape index (κ2) is 7.06. The van der Waals surface area contributed by atoms with Crippen LogP contribution in [0.5, 0.6) is 11.8 Å². The Kier molecular flexibility index (Phi) is 5.14. The minimum absolute atomic E-state index is 0.535. The molecule has 2 heterocycles. The number of nitrogens with zero attached hydrogens (tertiary/aromatic N) is 4. The van der Waals surface area contributed by atoms with Crippen molar-refractivity contribution in [2.45, 2.75) is 33.1 Å². The Hall–Kier alpha value is -2.11. The van der Waals surface area contributed by atoms with Crippen molar-refractivity contribution in [3.63, 3.8) is 0 Å². The van der Waals surface area contributed by atoms with Crippen LogP contribution in [0.1, 0.15) is 30.8 Å². The fourth-order valence-corrected chi connectivity index (χ4v) is 2.26. The fourth-order valence-electron chi connectivity index (χ4n) is 2.26. The molecular formula is C15H22N4O2. The standard InChI is InChI=1S/C15H22N4O2/c1-5-12-9-11(18-19(12)3)7-8-21-15-13(6-2)14(20-4)16-10-17-15/h9-10H,5-8H2,1-4H3. The quantitative estimate of drug-likeness (QED) is 0.780. The van der Waals surface area contributed by atoms with Gasteiger partial charge in [0.1, 0.15) is 6.33 Å². The molecule has 114 valence electrons. The van der Waals surface area contributed by atoms with Crippen molar-refractivity contribution in [1.29, 1.82) is 0 Å². The largest absolute Gasteiger partial charge is 0.481 e. The summed E-state index contributed by atoms with van der Waals surface area (Å²) < 4.78 is 12.9. The van der Waals surface area contributed by atoms with Crippen LogP contribution in [0.3, 0.4) is 0 Å². The smallest absolute Gasteiger partial charge is 0.223 e. The summed E-state index contributed by atoms with van der Waals surface area (Å²) in [6, 6.07) is 2.12. The predicted molar refractivity (Wildman–Crippen MR) is 79.7 cm³/mol. The Labute approximate surface area is 125 Å². The first kappa shape index (κ1) is 15.3. The van der Waals surface area contributed by atoms with Crippen LogP contribution in [0, 0.1) is 0 Å². The maximum Gasteiger partial charge on any atom is 0.223 e. The van der Waals surface area contributed by atoms with Gasteiger partial charge in [-0.05, 0) is 18.9 Å². The Balaban J connectivity index is 2.00. The van der Waals surface area contributed by atoms with Crippen LogP contribution in [-0.2, 0) is 26.3 Å². The van der Waals surface area contributed by atoms with E-state index in [4.69, 9.17) is 9.47 Å². The summed E-state index contributed by atoms with van der Waals surface area (Å²) >= 11 is 0. The Morgan fingerprint density at radius 1 is 1.14 bits per heavy atom. The first-order valence-corrected chi connectivity index (χ1v) is 7.22. The molecule has 0 aliphatic rings. The van der Waals surface area contributed by atoms with Crippen molar-refractivity contribution < 1.29 is 9.47 Å². The summed E-state index contributed by atoms with van der Waals surface area (Å²) in [4.78, 5) is 8.28. The zero-order valence-corrected chi connectivity index (χ0v) is 13.1. The van der Waals surface area contributed by atoms with Gasteiger partial charge in [-0.25, -0.2) is 9.97 Å². The summed E-state index contributed by atoms with van der Waals surface area (Å²) in [6.45, 7) is 4.69. The molecule has 0 aliphatic carbocycles. The van der Waals surface area contributed by atoms with Crippen LogP contribution < -0.4 is 9.47 Å². The molecule has 0 aliphatic heterocycles. The number of hydrogen-bond acceptors (Lipinski definition) is 5. The molecule has 6 nitrogen and oxygen atoms in total. The first-order valence-electron chi connectivity index (χ1n) is 7.22. The summed E-state index contributed by atoms with van der Waals surface area (Å²) in [7, 11) is 3.57. The number of aromatic nitrogens is 4. The van der Waals surface area contributed by atoms with E-state index in [1.165, 1.54) is 12.0 Å². The third kappa shape index (κ3) is 3.51. The maximum absolute atomic E-state index is 5.78. The van der Waals surface area contributed by atoms with Crippen LogP contribution in [0.25, 0.3) is 0 Å². The van der Waals surface area contributed by atoms with Gasteiger partial charge in [-0.2, -0.15) is 5.10 Å². The minimum atomic E-state index is 0.535. The van der Waals surface area contributed by atoms with Crippen LogP contribution in [-0.4, -0.2) is 33.5 Å². The number of hydrogen-bond donors (Lipinski definition) is 0. The molecular weight excluding hydrogens is 268 g/mol. The minimum Gasteiger partial charge on any atom is -0.481 e. The molecule has 2 aromatic rings. The van der Waals surface area contributed by atoms with Gasteiger partial charge in [0.15, 0.2) is 0 Å². The van der Waals surface area contributed by atoms with Crippen molar-refractivity contribution in [3.8, 4) is 11.8 Å². The van der Waals surface area contributed by atoms with E-state index in [9.17, 15) is 0 Å². The van der Waals surface area contributed by atoms with Crippen LogP contribution in [0.15, 0.2) is 12.4 Å². The summed E-state index contributed by atoms with van der Waals surface area (Å²) in [6.07, 6.45) is 3.96. The number of aryl methyl sites for hydroxylation is 2. The summed E-state index contributed by atoms with van der Waals surface area (Å²) in [5.41, 5.74) is 3.16. The monoisotopic (exact) mass is 290 g/mol. The normalized spacial score (nSPS) is 10.7. The Bertz CT molecular complexity index is 595. The van der Waals surface area contributed by atoms with Gasteiger partial charge in [-0.1, -0.05) is 13.8 Å². The predicted octanol–water partition coefficient (Wildman–Crippen LogP) is 1.96. The molecule has 0 spiro atoms. The average molecular weight is 290 g/mol. The summed E-state index contributed by atoms with van der Waals surface area (Å²) in [5.74, 6) is 1.17. The maximum atomic E-state index is 5.78. The highest BCUT2D eigenvalue weighted by Crippen LogP contribution is 2.24. The molecule has 0 bridgehead atoms. The lowest BCUT2D eigenvalue weighted by Gasteiger charge is -2.10. The van der Waals surface area contributed by atoms with Crippen molar-refractivity contribution in [1.82, 2.24) is 19.7 Å². The van der Waals surface area contributed by atoms with Gasteiger partial charge >= 0.3 is 0 Å². The fraction of sp³-hybridized carbons (Fsp3) is 0.533. The van der Waals surface area contributed by atoms with Crippen LogP contribution in [0.2, 0.25) is 0 Å². The van der Waals surface area contributed by atoms with Gasteiger partial charge in [0.2, 0.25) is 11.8 Å². The lowest BCUT2D eigenvalue weighted by atomic mass is 10.2. The van der Waals surface area contributed by atoms with Crippen LogP contribution >= 0.6 is 0 Å². The van der Waals surface area contributed by atoms with E-state index in [-0.39, 0.29) is 0 Å².